The lowest BCUT2D eigenvalue weighted by Gasteiger charge is -1.85. The van der Waals surface area contributed by atoms with Crippen LogP contribution in [0.15, 0.2) is 28.1 Å². The molecule has 0 aromatic carbocycles. The zero-order valence-corrected chi connectivity index (χ0v) is 5.78. The number of aliphatic imine (C=N–C) groups is 1. The minimum atomic E-state index is -0.544. The predicted octanol–water partition coefficient (Wildman–Crippen LogP) is 2.41. The van der Waals surface area contributed by atoms with Crippen LogP contribution < -0.4 is 0 Å². The third-order valence-corrected chi connectivity index (χ3v) is 1.10. The van der Waals surface area contributed by atoms with Crippen LogP contribution >= 0.6 is 15.9 Å². The number of hydrogen-bond acceptors (Lipinski definition) is 1. The van der Waals surface area contributed by atoms with Gasteiger partial charge in [-0.3, -0.25) is 4.99 Å². The lowest BCUT2D eigenvalue weighted by Crippen LogP contribution is -1.65. The van der Waals surface area contributed by atoms with Crippen molar-refractivity contribution in [3.8, 4) is 0 Å². The highest BCUT2D eigenvalue weighted by atomic mass is 79.9. The number of rotatable bonds is 2. The normalized spacial score (nSPS) is 11.0. The molecule has 3 heteroatoms. The highest BCUT2D eigenvalue weighted by Gasteiger charge is 1.91. The molecule has 8 heavy (non-hydrogen) atoms. The Kier molecular flexibility index (Phi) is 3.35. The molecule has 0 saturated heterocycles. The van der Waals surface area contributed by atoms with Gasteiger partial charge in [-0.1, -0.05) is 6.58 Å². The molecule has 0 N–H and O–H groups in total. The monoisotopic (exact) mass is 177 g/mol. The summed E-state index contributed by atoms with van der Waals surface area (Å²) in [5.74, 6) is -0.544. The average Bonchev–Trinajstić information content (AvgIpc) is 1.67. The molecule has 0 aromatic rings. The Bertz CT molecular complexity index is 139. The van der Waals surface area contributed by atoms with E-state index in [0.717, 1.165) is 0 Å². The van der Waals surface area contributed by atoms with Crippen molar-refractivity contribution in [1.82, 2.24) is 0 Å². The molecule has 0 aliphatic carbocycles. The molecule has 0 aromatic heterocycles. The SMILES string of the molecule is C=N/C=C(/Br)C(=C)F. The quantitative estimate of drug-likeness (QED) is 0.454. The molecule has 0 aliphatic rings. The third kappa shape index (κ3) is 2.69. The van der Waals surface area contributed by atoms with Gasteiger partial charge in [-0.2, -0.15) is 0 Å². The summed E-state index contributed by atoms with van der Waals surface area (Å²) < 4.78 is 12.1. The van der Waals surface area contributed by atoms with Crippen molar-refractivity contribution in [2.45, 2.75) is 0 Å². The summed E-state index contributed by atoms with van der Waals surface area (Å²) in [4.78, 5) is 3.30. The van der Waals surface area contributed by atoms with Gasteiger partial charge in [0.25, 0.3) is 0 Å². The Hall–Kier alpha value is -0.440. The van der Waals surface area contributed by atoms with E-state index in [1.807, 2.05) is 0 Å². The molecule has 1 nitrogen and oxygen atoms in total. The lowest BCUT2D eigenvalue weighted by atomic mass is 10.6. The molecule has 0 rings (SSSR count). The first-order valence-electron chi connectivity index (χ1n) is 1.84. The Balaban J connectivity index is 3.99. The standard InChI is InChI=1S/C5H5BrFN/c1-4(7)5(6)3-8-2/h3H,1-2H2/b5-3+. The van der Waals surface area contributed by atoms with E-state index in [1.165, 1.54) is 6.20 Å². The summed E-state index contributed by atoms with van der Waals surface area (Å²) in [7, 11) is 0. The molecule has 0 heterocycles. The predicted molar refractivity (Wildman–Crippen MR) is 36.8 cm³/mol. The highest BCUT2D eigenvalue weighted by Crippen LogP contribution is 2.15. The number of allylic oxidation sites excluding steroid dienone is 2. The van der Waals surface area contributed by atoms with Gasteiger partial charge in [0.2, 0.25) is 0 Å². The summed E-state index contributed by atoms with van der Waals surface area (Å²) in [6.45, 7) is 6.12. The zero-order chi connectivity index (χ0) is 6.57. The highest BCUT2D eigenvalue weighted by molar-refractivity contribution is 9.11. The smallest absolute Gasteiger partial charge is 0.131 e. The van der Waals surface area contributed by atoms with Crippen LogP contribution in [0.1, 0.15) is 0 Å². The molecule has 0 spiro atoms. The molecule has 0 fully saturated rings. The molecule has 0 amide bonds. The van der Waals surface area contributed by atoms with Crippen LogP contribution in [0.3, 0.4) is 0 Å². The second kappa shape index (κ2) is 3.55. The van der Waals surface area contributed by atoms with Crippen LogP contribution in [-0.4, -0.2) is 6.72 Å². The largest absolute Gasteiger partial charge is 0.271 e. The van der Waals surface area contributed by atoms with Crippen LogP contribution in [0.2, 0.25) is 0 Å². The van der Waals surface area contributed by atoms with E-state index in [0.29, 0.717) is 0 Å². The average molecular weight is 178 g/mol. The van der Waals surface area contributed by atoms with Crippen molar-refractivity contribution >= 4 is 22.6 Å². The Morgan fingerprint density at radius 3 is 2.38 bits per heavy atom. The zero-order valence-electron chi connectivity index (χ0n) is 4.19. The maximum atomic E-state index is 11.9. The van der Waals surface area contributed by atoms with E-state index in [9.17, 15) is 4.39 Å². The number of hydrogen-bond donors (Lipinski definition) is 0. The molecule has 44 valence electrons. The van der Waals surface area contributed by atoms with Crippen LogP contribution in [0.25, 0.3) is 0 Å². The maximum absolute atomic E-state index is 11.9. The Labute approximate surface area is 55.7 Å². The first-order valence-corrected chi connectivity index (χ1v) is 2.64. The van der Waals surface area contributed by atoms with Gasteiger partial charge in [-0.25, -0.2) is 4.39 Å². The molecule has 0 saturated carbocycles. The van der Waals surface area contributed by atoms with Gasteiger partial charge in [0.1, 0.15) is 5.83 Å². The fourth-order valence-corrected chi connectivity index (χ4v) is 0.295. The van der Waals surface area contributed by atoms with Gasteiger partial charge in [-0.15, -0.1) is 0 Å². The summed E-state index contributed by atoms with van der Waals surface area (Å²) >= 11 is 2.86. The van der Waals surface area contributed by atoms with E-state index in [1.54, 1.807) is 0 Å². The van der Waals surface area contributed by atoms with E-state index >= 15 is 0 Å². The van der Waals surface area contributed by atoms with E-state index in [-0.39, 0.29) is 4.48 Å². The summed E-state index contributed by atoms with van der Waals surface area (Å²) in [6, 6.07) is 0. The summed E-state index contributed by atoms with van der Waals surface area (Å²) in [5, 5.41) is 0. The maximum Gasteiger partial charge on any atom is 0.131 e. The van der Waals surface area contributed by atoms with Crippen molar-refractivity contribution in [2.24, 2.45) is 4.99 Å². The lowest BCUT2D eigenvalue weighted by molar-refractivity contribution is 0.668. The van der Waals surface area contributed by atoms with Crippen LogP contribution in [0.4, 0.5) is 4.39 Å². The van der Waals surface area contributed by atoms with Gasteiger partial charge in [0, 0.05) is 6.20 Å². The van der Waals surface area contributed by atoms with Gasteiger partial charge in [0.15, 0.2) is 0 Å². The minimum Gasteiger partial charge on any atom is -0.271 e. The van der Waals surface area contributed by atoms with Crippen molar-refractivity contribution in [1.29, 1.82) is 0 Å². The van der Waals surface area contributed by atoms with E-state index in [4.69, 9.17) is 0 Å². The Morgan fingerprint density at radius 1 is 1.75 bits per heavy atom. The fraction of sp³-hybridized carbons (Fsp3) is 0. The van der Waals surface area contributed by atoms with Crippen molar-refractivity contribution in [3.63, 3.8) is 0 Å². The van der Waals surface area contributed by atoms with Gasteiger partial charge >= 0.3 is 0 Å². The Morgan fingerprint density at radius 2 is 2.25 bits per heavy atom. The topological polar surface area (TPSA) is 12.4 Å². The molecule has 0 radical (unpaired) electrons. The molecule has 0 atom stereocenters. The first-order chi connectivity index (χ1) is 3.68. The van der Waals surface area contributed by atoms with Crippen molar-refractivity contribution in [2.75, 3.05) is 0 Å². The summed E-state index contributed by atoms with van der Waals surface area (Å²) in [5.41, 5.74) is 0. The number of halogens is 2. The second-order valence-corrected chi connectivity index (χ2v) is 1.92. The van der Waals surface area contributed by atoms with Gasteiger partial charge < -0.3 is 0 Å². The van der Waals surface area contributed by atoms with E-state index < -0.39 is 5.83 Å². The molecule has 0 bridgehead atoms. The summed E-state index contributed by atoms with van der Waals surface area (Å²) in [6.07, 6.45) is 1.24. The van der Waals surface area contributed by atoms with E-state index in [2.05, 4.69) is 34.2 Å². The second-order valence-electron chi connectivity index (χ2n) is 1.06. The minimum absolute atomic E-state index is 0.229. The number of nitrogens with zero attached hydrogens (tertiary/aromatic N) is 1. The molecular weight excluding hydrogens is 173 g/mol. The first kappa shape index (κ1) is 7.56. The van der Waals surface area contributed by atoms with Crippen LogP contribution in [0.5, 0.6) is 0 Å². The van der Waals surface area contributed by atoms with Gasteiger partial charge in [0.05, 0.1) is 4.48 Å². The van der Waals surface area contributed by atoms with Gasteiger partial charge in [-0.05, 0) is 22.6 Å². The third-order valence-electron chi connectivity index (χ3n) is 0.464. The van der Waals surface area contributed by atoms with Crippen molar-refractivity contribution in [3.05, 3.63) is 23.1 Å². The van der Waals surface area contributed by atoms with Crippen LogP contribution in [0, 0.1) is 0 Å². The molecule has 0 aliphatic heterocycles. The van der Waals surface area contributed by atoms with Crippen molar-refractivity contribution < 1.29 is 4.39 Å². The fourth-order valence-electron chi connectivity index (χ4n) is 0.150. The molecular formula is C5H5BrFN. The molecule has 0 unspecified atom stereocenters. The van der Waals surface area contributed by atoms with Crippen LogP contribution in [-0.2, 0) is 0 Å².